The number of nitrogens with zero attached hydrogens (tertiary/aromatic N) is 1. The molecule has 5 heteroatoms. The molecule has 100 valence electrons. The van der Waals surface area contributed by atoms with Crippen molar-refractivity contribution in [2.24, 2.45) is 0 Å². The van der Waals surface area contributed by atoms with Gasteiger partial charge in [-0.1, -0.05) is 13.8 Å². The number of aromatic nitrogens is 1. The van der Waals surface area contributed by atoms with Gasteiger partial charge in [-0.25, -0.2) is 9.18 Å². The summed E-state index contributed by atoms with van der Waals surface area (Å²) >= 11 is 0. The lowest BCUT2D eigenvalue weighted by Gasteiger charge is -2.30. The second-order valence-electron chi connectivity index (χ2n) is 4.04. The molecule has 0 radical (unpaired) electrons. The zero-order valence-corrected chi connectivity index (χ0v) is 11.0. The van der Waals surface area contributed by atoms with E-state index in [1.54, 1.807) is 0 Å². The van der Waals surface area contributed by atoms with Gasteiger partial charge in [0.15, 0.2) is 5.54 Å². The van der Waals surface area contributed by atoms with Crippen LogP contribution in [-0.2, 0) is 15.1 Å². The lowest BCUT2D eigenvalue weighted by Crippen LogP contribution is -2.50. The molecule has 18 heavy (non-hydrogen) atoms. The number of hydrogen-bond acceptors (Lipinski definition) is 4. The highest BCUT2D eigenvalue weighted by Crippen LogP contribution is 2.25. The molecule has 0 spiro atoms. The SMILES string of the molecule is CCCNC(CC)(C(=O)OC)c1ccc(F)cn1. The van der Waals surface area contributed by atoms with Gasteiger partial charge in [0, 0.05) is 0 Å². The minimum absolute atomic E-state index is 0.405. The van der Waals surface area contributed by atoms with Crippen molar-refractivity contribution >= 4 is 5.97 Å². The Morgan fingerprint density at radius 1 is 1.50 bits per heavy atom. The number of pyridine rings is 1. The predicted octanol–water partition coefficient (Wildman–Crippen LogP) is 2.00. The van der Waals surface area contributed by atoms with E-state index < -0.39 is 17.3 Å². The molecular formula is C13H19FN2O2. The smallest absolute Gasteiger partial charge is 0.332 e. The van der Waals surface area contributed by atoms with Crippen molar-refractivity contribution < 1.29 is 13.9 Å². The number of nitrogens with one attached hydrogen (secondary N) is 1. The Balaban J connectivity index is 3.16. The van der Waals surface area contributed by atoms with Crippen LogP contribution in [0.1, 0.15) is 32.4 Å². The summed E-state index contributed by atoms with van der Waals surface area (Å²) in [6.45, 7) is 4.52. The van der Waals surface area contributed by atoms with E-state index in [9.17, 15) is 9.18 Å². The molecule has 0 aliphatic rings. The largest absolute Gasteiger partial charge is 0.467 e. The molecule has 0 bridgehead atoms. The molecule has 0 saturated carbocycles. The fourth-order valence-electron chi connectivity index (χ4n) is 1.86. The average Bonchev–Trinajstić information content (AvgIpc) is 2.41. The molecule has 0 fully saturated rings. The van der Waals surface area contributed by atoms with Gasteiger partial charge >= 0.3 is 5.97 Å². The first-order valence-electron chi connectivity index (χ1n) is 6.06. The van der Waals surface area contributed by atoms with Gasteiger partial charge in [-0.05, 0) is 31.5 Å². The average molecular weight is 254 g/mol. The summed E-state index contributed by atoms with van der Waals surface area (Å²) in [5.41, 5.74) is -0.523. The van der Waals surface area contributed by atoms with E-state index in [0.717, 1.165) is 12.6 Å². The number of halogens is 1. The molecule has 1 aromatic rings. The number of methoxy groups -OCH3 is 1. The van der Waals surface area contributed by atoms with Crippen molar-refractivity contribution in [2.75, 3.05) is 13.7 Å². The highest BCUT2D eigenvalue weighted by Gasteiger charge is 2.40. The molecule has 1 N–H and O–H groups in total. The molecule has 1 unspecified atom stereocenters. The van der Waals surface area contributed by atoms with E-state index in [4.69, 9.17) is 4.74 Å². The summed E-state index contributed by atoms with van der Waals surface area (Å²) < 4.78 is 17.8. The summed E-state index contributed by atoms with van der Waals surface area (Å²) in [7, 11) is 1.34. The standard InChI is InChI=1S/C13H19FN2O2/c1-4-8-16-13(5-2,12(17)18-3)11-7-6-10(14)9-15-11/h6-7,9,16H,4-5,8H2,1-3H3. The minimum Gasteiger partial charge on any atom is -0.467 e. The normalized spacial score (nSPS) is 14.0. The third kappa shape index (κ3) is 2.85. The first kappa shape index (κ1) is 14.6. The molecule has 0 aliphatic carbocycles. The highest BCUT2D eigenvalue weighted by atomic mass is 19.1. The van der Waals surface area contributed by atoms with Crippen molar-refractivity contribution in [3.63, 3.8) is 0 Å². The Labute approximate surface area is 107 Å². The van der Waals surface area contributed by atoms with Crippen LogP contribution in [0, 0.1) is 5.82 Å². The Hall–Kier alpha value is -1.49. The first-order valence-corrected chi connectivity index (χ1v) is 6.06. The Morgan fingerprint density at radius 2 is 2.22 bits per heavy atom. The van der Waals surface area contributed by atoms with Crippen LogP contribution in [0.5, 0.6) is 0 Å². The van der Waals surface area contributed by atoms with Crippen LogP contribution in [0.4, 0.5) is 4.39 Å². The second kappa shape index (κ2) is 6.44. The van der Waals surface area contributed by atoms with Crippen LogP contribution < -0.4 is 5.32 Å². The lowest BCUT2D eigenvalue weighted by atomic mass is 9.91. The predicted molar refractivity (Wildman–Crippen MR) is 66.5 cm³/mol. The van der Waals surface area contributed by atoms with Crippen LogP contribution in [0.2, 0.25) is 0 Å². The molecule has 1 rings (SSSR count). The number of ether oxygens (including phenoxy) is 1. The molecule has 4 nitrogen and oxygen atoms in total. The Morgan fingerprint density at radius 3 is 2.67 bits per heavy atom. The highest BCUT2D eigenvalue weighted by molar-refractivity contribution is 5.81. The van der Waals surface area contributed by atoms with Crippen LogP contribution in [-0.4, -0.2) is 24.6 Å². The molecule has 0 amide bonds. The summed E-state index contributed by atoms with van der Waals surface area (Å²) in [4.78, 5) is 16.0. The van der Waals surface area contributed by atoms with Crippen molar-refractivity contribution in [2.45, 2.75) is 32.2 Å². The number of carbonyl (C=O) groups excluding carboxylic acids is 1. The van der Waals surface area contributed by atoms with Crippen molar-refractivity contribution in [1.29, 1.82) is 0 Å². The maximum atomic E-state index is 12.9. The minimum atomic E-state index is -1.00. The van der Waals surface area contributed by atoms with Gasteiger partial charge in [-0.3, -0.25) is 10.3 Å². The quantitative estimate of drug-likeness (QED) is 0.789. The molecule has 1 aromatic heterocycles. The van der Waals surface area contributed by atoms with Gasteiger partial charge in [0.25, 0.3) is 0 Å². The topological polar surface area (TPSA) is 51.2 Å². The molecule has 0 aromatic carbocycles. The van der Waals surface area contributed by atoms with Gasteiger partial charge in [-0.15, -0.1) is 0 Å². The van der Waals surface area contributed by atoms with Gasteiger partial charge in [-0.2, -0.15) is 0 Å². The summed E-state index contributed by atoms with van der Waals surface area (Å²) in [5, 5.41) is 3.16. The van der Waals surface area contributed by atoms with E-state index in [0.29, 0.717) is 18.7 Å². The van der Waals surface area contributed by atoms with Gasteiger partial charge in [0.1, 0.15) is 5.82 Å². The molecule has 1 atom stereocenters. The zero-order valence-electron chi connectivity index (χ0n) is 11.0. The van der Waals surface area contributed by atoms with E-state index in [2.05, 4.69) is 10.3 Å². The fraction of sp³-hybridized carbons (Fsp3) is 0.538. The van der Waals surface area contributed by atoms with Crippen LogP contribution in [0.3, 0.4) is 0 Å². The van der Waals surface area contributed by atoms with Crippen LogP contribution in [0.15, 0.2) is 18.3 Å². The van der Waals surface area contributed by atoms with E-state index >= 15 is 0 Å². The molecular weight excluding hydrogens is 235 g/mol. The number of rotatable bonds is 6. The summed E-state index contributed by atoms with van der Waals surface area (Å²) in [6.07, 6.45) is 2.47. The second-order valence-corrected chi connectivity index (χ2v) is 4.04. The van der Waals surface area contributed by atoms with Crippen molar-refractivity contribution in [3.05, 3.63) is 29.8 Å². The monoisotopic (exact) mass is 254 g/mol. The van der Waals surface area contributed by atoms with Crippen molar-refractivity contribution in [3.8, 4) is 0 Å². The summed E-state index contributed by atoms with van der Waals surface area (Å²) in [5.74, 6) is -0.832. The van der Waals surface area contributed by atoms with E-state index in [1.165, 1.54) is 19.2 Å². The van der Waals surface area contributed by atoms with Crippen LogP contribution in [0.25, 0.3) is 0 Å². The van der Waals surface area contributed by atoms with Crippen LogP contribution >= 0.6 is 0 Å². The molecule has 0 aliphatic heterocycles. The Kier molecular flexibility index (Phi) is 5.22. The van der Waals surface area contributed by atoms with Crippen molar-refractivity contribution in [1.82, 2.24) is 10.3 Å². The van der Waals surface area contributed by atoms with Gasteiger partial charge < -0.3 is 4.74 Å². The van der Waals surface area contributed by atoms with Gasteiger partial charge in [0.05, 0.1) is 19.0 Å². The fourth-order valence-corrected chi connectivity index (χ4v) is 1.86. The Bertz CT molecular complexity index is 394. The molecule has 0 saturated heterocycles. The number of esters is 1. The summed E-state index contributed by atoms with van der Waals surface area (Å²) in [6, 6.07) is 2.81. The number of hydrogen-bond donors (Lipinski definition) is 1. The maximum absolute atomic E-state index is 12.9. The van der Waals surface area contributed by atoms with E-state index in [1.807, 2.05) is 13.8 Å². The maximum Gasteiger partial charge on any atom is 0.332 e. The van der Waals surface area contributed by atoms with E-state index in [-0.39, 0.29) is 0 Å². The zero-order chi connectivity index (χ0) is 13.6. The lowest BCUT2D eigenvalue weighted by molar-refractivity contribution is -0.149. The van der Waals surface area contributed by atoms with Gasteiger partial charge in [0.2, 0.25) is 0 Å². The third-order valence-corrected chi connectivity index (χ3v) is 2.91. The third-order valence-electron chi connectivity index (χ3n) is 2.91. The first-order chi connectivity index (χ1) is 8.60. The number of carbonyl (C=O) groups is 1. The molecule has 1 heterocycles.